The Hall–Kier alpha value is -0.300. The van der Waals surface area contributed by atoms with Gasteiger partial charge in [0.1, 0.15) is 0 Å². The van der Waals surface area contributed by atoms with Crippen LogP contribution in [0.15, 0.2) is 12.2 Å². The molecule has 2 heteroatoms. The van der Waals surface area contributed by atoms with Crippen LogP contribution >= 0.6 is 11.6 Å². The fourth-order valence-corrected chi connectivity index (χ4v) is 0.595. The third kappa shape index (κ3) is 5.57. The van der Waals surface area contributed by atoms with Crippen LogP contribution in [0.3, 0.4) is 0 Å². The van der Waals surface area contributed by atoms with Crippen LogP contribution in [0.1, 0.15) is 19.8 Å². The van der Waals surface area contributed by atoms with Gasteiger partial charge in [0.15, 0.2) is 5.78 Å². The molecule has 0 unspecified atom stereocenters. The Morgan fingerprint density at radius 1 is 1.67 bits per heavy atom. The molecule has 0 radical (unpaired) electrons. The zero-order valence-corrected chi connectivity index (χ0v) is 6.32. The minimum Gasteiger partial charge on any atom is -0.295 e. The summed E-state index contributed by atoms with van der Waals surface area (Å²) in [6.45, 7) is 1.98. The SMILES string of the molecule is CCCC(=O)/C=C/CCl. The van der Waals surface area contributed by atoms with E-state index < -0.39 is 0 Å². The third-order valence-electron chi connectivity index (χ3n) is 0.889. The van der Waals surface area contributed by atoms with Crippen molar-refractivity contribution in [2.45, 2.75) is 19.8 Å². The number of rotatable bonds is 4. The van der Waals surface area contributed by atoms with E-state index in [0.29, 0.717) is 12.3 Å². The summed E-state index contributed by atoms with van der Waals surface area (Å²) in [5.74, 6) is 0.591. The molecule has 0 heterocycles. The molecule has 0 N–H and O–H groups in total. The van der Waals surface area contributed by atoms with Crippen molar-refractivity contribution >= 4 is 17.4 Å². The van der Waals surface area contributed by atoms with Crippen LogP contribution in [0.5, 0.6) is 0 Å². The lowest BCUT2D eigenvalue weighted by Gasteiger charge is -1.85. The van der Waals surface area contributed by atoms with E-state index in [2.05, 4.69) is 0 Å². The quantitative estimate of drug-likeness (QED) is 0.439. The molecule has 0 rings (SSSR count). The first-order valence-corrected chi connectivity index (χ1v) is 3.60. The van der Waals surface area contributed by atoms with Gasteiger partial charge in [-0.1, -0.05) is 13.0 Å². The van der Waals surface area contributed by atoms with Gasteiger partial charge in [-0.25, -0.2) is 0 Å². The molecule has 0 saturated heterocycles. The smallest absolute Gasteiger partial charge is 0.155 e. The number of allylic oxidation sites excluding steroid dienone is 2. The van der Waals surface area contributed by atoms with Crippen molar-refractivity contribution in [1.82, 2.24) is 0 Å². The number of hydrogen-bond donors (Lipinski definition) is 0. The molecule has 1 nitrogen and oxygen atoms in total. The van der Waals surface area contributed by atoms with E-state index in [4.69, 9.17) is 11.6 Å². The zero-order chi connectivity index (χ0) is 7.11. The van der Waals surface area contributed by atoms with Crippen molar-refractivity contribution in [2.75, 3.05) is 5.88 Å². The highest BCUT2D eigenvalue weighted by Crippen LogP contribution is 1.90. The van der Waals surface area contributed by atoms with E-state index >= 15 is 0 Å². The molecule has 9 heavy (non-hydrogen) atoms. The summed E-state index contributed by atoms with van der Waals surface area (Å²) in [6.07, 6.45) is 4.74. The topological polar surface area (TPSA) is 17.1 Å². The van der Waals surface area contributed by atoms with Crippen LogP contribution in [-0.4, -0.2) is 11.7 Å². The van der Waals surface area contributed by atoms with Crippen LogP contribution < -0.4 is 0 Å². The monoisotopic (exact) mass is 146 g/mol. The number of alkyl halides is 1. The minimum atomic E-state index is 0.165. The fourth-order valence-electron chi connectivity index (χ4n) is 0.506. The summed E-state index contributed by atoms with van der Waals surface area (Å²) in [7, 11) is 0. The lowest BCUT2D eigenvalue weighted by Crippen LogP contribution is -1.89. The van der Waals surface area contributed by atoms with E-state index in [1.54, 1.807) is 6.08 Å². The van der Waals surface area contributed by atoms with Crippen molar-refractivity contribution in [1.29, 1.82) is 0 Å². The van der Waals surface area contributed by atoms with E-state index in [0.717, 1.165) is 6.42 Å². The summed E-state index contributed by atoms with van der Waals surface area (Å²) >= 11 is 5.31. The molecule has 0 aromatic rings. The van der Waals surface area contributed by atoms with Crippen molar-refractivity contribution in [2.24, 2.45) is 0 Å². The van der Waals surface area contributed by atoms with Crippen LogP contribution in [0, 0.1) is 0 Å². The second-order valence-corrected chi connectivity index (χ2v) is 2.08. The largest absolute Gasteiger partial charge is 0.295 e. The van der Waals surface area contributed by atoms with Crippen molar-refractivity contribution in [3.8, 4) is 0 Å². The third-order valence-corrected chi connectivity index (χ3v) is 1.07. The normalized spacial score (nSPS) is 10.4. The first-order chi connectivity index (χ1) is 4.31. The molecule has 0 fully saturated rings. The molecule has 0 spiro atoms. The summed E-state index contributed by atoms with van der Waals surface area (Å²) in [5.41, 5.74) is 0. The zero-order valence-electron chi connectivity index (χ0n) is 5.56. The maximum atomic E-state index is 10.7. The average molecular weight is 147 g/mol. The predicted octanol–water partition coefficient (Wildman–Crippen LogP) is 2.15. The number of hydrogen-bond acceptors (Lipinski definition) is 1. The maximum absolute atomic E-state index is 10.7. The van der Waals surface area contributed by atoms with Crippen molar-refractivity contribution in [3.63, 3.8) is 0 Å². The van der Waals surface area contributed by atoms with Gasteiger partial charge < -0.3 is 0 Å². The molecule has 0 aliphatic rings. The van der Waals surface area contributed by atoms with Gasteiger partial charge in [0, 0.05) is 12.3 Å². The highest BCUT2D eigenvalue weighted by atomic mass is 35.5. The van der Waals surface area contributed by atoms with E-state index in [1.807, 2.05) is 6.92 Å². The lowest BCUT2D eigenvalue weighted by molar-refractivity contribution is -0.114. The van der Waals surface area contributed by atoms with Gasteiger partial charge in [0.25, 0.3) is 0 Å². The second-order valence-electron chi connectivity index (χ2n) is 1.77. The Labute approximate surface area is 60.7 Å². The van der Waals surface area contributed by atoms with Gasteiger partial charge in [0.05, 0.1) is 0 Å². The average Bonchev–Trinajstić information content (AvgIpc) is 1.85. The summed E-state index contributed by atoms with van der Waals surface area (Å²) in [6, 6.07) is 0. The van der Waals surface area contributed by atoms with E-state index in [-0.39, 0.29) is 5.78 Å². The molecule has 52 valence electrons. The summed E-state index contributed by atoms with van der Waals surface area (Å²) in [4.78, 5) is 10.7. The highest BCUT2D eigenvalue weighted by molar-refractivity contribution is 6.19. The molecule has 0 aromatic carbocycles. The van der Waals surface area contributed by atoms with Crippen LogP contribution in [0.2, 0.25) is 0 Å². The van der Waals surface area contributed by atoms with Crippen LogP contribution in [-0.2, 0) is 4.79 Å². The van der Waals surface area contributed by atoms with Gasteiger partial charge in [-0.2, -0.15) is 0 Å². The molecule has 0 bridgehead atoms. The maximum Gasteiger partial charge on any atom is 0.155 e. The van der Waals surface area contributed by atoms with Gasteiger partial charge in [-0.05, 0) is 12.5 Å². The molecule has 0 aromatic heterocycles. The highest BCUT2D eigenvalue weighted by Gasteiger charge is 1.90. The Morgan fingerprint density at radius 3 is 2.78 bits per heavy atom. The van der Waals surface area contributed by atoms with Gasteiger partial charge >= 0.3 is 0 Å². The Bertz CT molecular complexity index is 107. The summed E-state index contributed by atoms with van der Waals surface area (Å²) < 4.78 is 0. The number of carbonyl (C=O) groups is 1. The van der Waals surface area contributed by atoms with Gasteiger partial charge in [-0.3, -0.25) is 4.79 Å². The van der Waals surface area contributed by atoms with Crippen LogP contribution in [0.4, 0.5) is 0 Å². The van der Waals surface area contributed by atoms with Crippen molar-refractivity contribution in [3.05, 3.63) is 12.2 Å². The second kappa shape index (κ2) is 5.83. The standard InChI is InChI=1S/C7H11ClO/c1-2-4-7(9)5-3-6-8/h3,5H,2,4,6H2,1H3/b5-3+. The molecular weight excluding hydrogens is 136 g/mol. The Morgan fingerprint density at radius 2 is 2.33 bits per heavy atom. The van der Waals surface area contributed by atoms with Gasteiger partial charge in [-0.15, -0.1) is 11.6 Å². The van der Waals surface area contributed by atoms with Crippen molar-refractivity contribution < 1.29 is 4.79 Å². The molecule has 0 aliphatic heterocycles. The molecular formula is C7H11ClO. The predicted molar refractivity (Wildman–Crippen MR) is 39.8 cm³/mol. The first kappa shape index (κ1) is 8.70. The molecule has 0 saturated carbocycles. The first-order valence-electron chi connectivity index (χ1n) is 3.06. The summed E-state index contributed by atoms with van der Waals surface area (Å²) in [5, 5.41) is 0. The molecule has 0 aliphatic carbocycles. The number of halogens is 1. The minimum absolute atomic E-state index is 0.165. The van der Waals surface area contributed by atoms with Crippen LogP contribution in [0.25, 0.3) is 0 Å². The lowest BCUT2D eigenvalue weighted by atomic mass is 10.2. The Kier molecular flexibility index (Phi) is 5.64. The molecule has 0 atom stereocenters. The van der Waals surface area contributed by atoms with E-state index in [9.17, 15) is 4.79 Å². The number of ketones is 1. The van der Waals surface area contributed by atoms with E-state index in [1.165, 1.54) is 6.08 Å². The Balaban J connectivity index is 3.37. The molecule has 0 amide bonds. The fraction of sp³-hybridized carbons (Fsp3) is 0.571. The number of carbonyl (C=O) groups excluding carboxylic acids is 1. The van der Waals surface area contributed by atoms with Gasteiger partial charge in [0.2, 0.25) is 0 Å².